The fourth-order valence-corrected chi connectivity index (χ4v) is 4.99. The number of benzene rings is 4. The van der Waals surface area contributed by atoms with E-state index in [0.717, 1.165) is 60.5 Å². The number of H-pyrrole nitrogens is 2. The summed E-state index contributed by atoms with van der Waals surface area (Å²) < 4.78 is 5.12. The average molecular weight is 503 g/mol. The number of carboxylic acids is 1. The first kappa shape index (κ1) is 23.6. The molecule has 0 aliphatic carbocycles. The Morgan fingerprint density at radius 3 is 1.89 bits per heavy atom. The summed E-state index contributed by atoms with van der Waals surface area (Å²) >= 11 is 0. The molecule has 0 aliphatic heterocycles. The van der Waals surface area contributed by atoms with Gasteiger partial charge in [0.2, 0.25) is 0 Å². The molecule has 1 unspecified atom stereocenters. The molecule has 0 aliphatic rings. The Kier molecular flexibility index (Phi) is 5.72. The van der Waals surface area contributed by atoms with Crippen molar-refractivity contribution < 1.29 is 19.4 Å². The van der Waals surface area contributed by atoms with Crippen molar-refractivity contribution in [3.05, 3.63) is 96.2 Å². The third-order valence-corrected chi connectivity index (χ3v) is 7.16. The lowest BCUT2D eigenvalue weighted by Gasteiger charge is -2.08. The molecule has 6 aromatic rings. The predicted octanol–water partition coefficient (Wildman–Crippen LogP) is 7.50. The van der Waals surface area contributed by atoms with Gasteiger partial charge in [-0.3, -0.25) is 4.79 Å². The van der Waals surface area contributed by atoms with Gasteiger partial charge in [-0.15, -0.1) is 0 Å². The number of ether oxygens (including phenoxy) is 1. The summed E-state index contributed by atoms with van der Waals surface area (Å²) in [5.41, 5.74) is 8.47. The van der Waals surface area contributed by atoms with Crippen LogP contribution in [0.1, 0.15) is 35.8 Å². The molecule has 1 atom stereocenters. The topological polar surface area (TPSA) is 95.2 Å². The van der Waals surface area contributed by atoms with E-state index in [1.807, 2.05) is 36.4 Å². The van der Waals surface area contributed by atoms with Crippen molar-refractivity contribution >= 4 is 44.6 Å². The lowest BCUT2D eigenvalue weighted by molar-refractivity contribution is -0.138. The van der Waals surface area contributed by atoms with Gasteiger partial charge < -0.3 is 19.8 Å². The zero-order chi connectivity index (χ0) is 26.4. The number of hydrogen-bond donors (Lipinski definition) is 3. The number of aromatic nitrogens is 2. The molecule has 3 N–H and O–H groups in total. The second-order valence-corrected chi connectivity index (χ2v) is 9.53. The lowest BCUT2D eigenvalue weighted by Crippen LogP contribution is -2.06. The van der Waals surface area contributed by atoms with Gasteiger partial charge in [-0.1, -0.05) is 42.5 Å². The van der Waals surface area contributed by atoms with Crippen LogP contribution in [0.2, 0.25) is 0 Å². The maximum absolute atomic E-state index is 12.1. The number of nitrogens with one attached hydrogen (secondary N) is 2. The maximum atomic E-state index is 12.1. The molecule has 2 heterocycles. The molecule has 6 heteroatoms. The number of carbonyl (C=O) groups is 2. The highest BCUT2D eigenvalue weighted by atomic mass is 16.5. The van der Waals surface area contributed by atoms with Crippen LogP contribution in [-0.2, 0) is 9.53 Å². The highest BCUT2D eigenvalue weighted by molar-refractivity contribution is 6.10. The van der Waals surface area contributed by atoms with Gasteiger partial charge >= 0.3 is 11.9 Å². The van der Waals surface area contributed by atoms with Crippen LogP contribution in [0.15, 0.2) is 84.9 Å². The van der Waals surface area contributed by atoms with Crippen molar-refractivity contribution in [1.82, 2.24) is 9.97 Å². The minimum atomic E-state index is -0.830. The first-order valence-corrected chi connectivity index (χ1v) is 12.6. The van der Waals surface area contributed by atoms with E-state index in [1.165, 1.54) is 0 Å². The summed E-state index contributed by atoms with van der Waals surface area (Å²) in [4.78, 5) is 30.1. The van der Waals surface area contributed by atoms with Crippen LogP contribution in [0.3, 0.4) is 0 Å². The fraction of sp³-hybridized carbons (Fsp3) is 0.125. The minimum absolute atomic E-state index is 0.334. The average Bonchev–Trinajstić information content (AvgIpc) is 3.53. The van der Waals surface area contributed by atoms with E-state index in [9.17, 15) is 14.7 Å². The molecular formula is C32H26N2O4. The SMILES string of the molecule is CCOC(=O)c1cc2cc(-c3ccc4[nH]c5ccc(-c6ccc(C(C)C(=O)O)cc6)cc5c4c3)ccc2[nH]1. The van der Waals surface area contributed by atoms with Crippen LogP contribution in [-0.4, -0.2) is 33.6 Å². The van der Waals surface area contributed by atoms with Crippen molar-refractivity contribution in [1.29, 1.82) is 0 Å². The number of aliphatic carboxylic acids is 1. The van der Waals surface area contributed by atoms with E-state index in [4.69, 9.17) is 4.74 Å². The quantitative estimate of drug-likeness (QED) is 0.206. The largest absolute Gasteiger partial charge is 0.481 e. The molecule has 0 radical (unpaired) electrons. The normalized spacial score (nSPS) is 12.3. The third-order valence-electron chi connectivity index (χ3n) is 7.16. The summed E-state index contributed by atoms with van der Waals surface area (Å²) in [6.07, 6.45) is 0. The minimum Gasteiger partial charge on any atom is -0.481 e. The second kappa shape index (κ2) is 9.23. The molecular weight excluding hydrogens is 476 g/mol. The summed E-state index contributed by atoms with van der Waals surface area (Å²) in [6, 6.07) is 28.4. The zero-order valence-electron chi connectivity index (χ0n) is 21.0. The lowest BCUT2D eigenvalue weighted by atomic mass is 9.96. The molecule has 0 saturated carbocycles. The molecule has 38 heavy (non-hydrogen) atoms. The first-order chi connectivity index (χ1) is 18.4. The van der Waals surface area contributed by atoms with E-state index in [2.05, 4.69) is 58.5 Å². The third kappa shape index (κ3) is 4.10. The van der Waals surface area contributed by atoms with E-state index < -0.39 is 11.9 Å². The van der Waals surface area contributed by atoms with Crippen LogP contribution in [0.5, 0.6) is 0 Å². The Morgan fingerprint density at radius 1 is 0.737 bits per heavy atom. The van der Waals surface area contributed by atoms with E-state index in [0.29, 0.717) is 12.3 Å². The molecule has 0 bridgehead atoms. The number of fused-ring (bicyclic) bond motifs is 4. The smallest absolute Gasteiger partial charge is 0.354 e. The second-order valence-electron chi connectivity index (χ2n) is 9.53. The van der Waals surface area contributed by atoms with E-state index >= 15 is 0 Å². The van der Waals surface area contributed by atoms with Crippen molar-refractivity contribution in [2.75, 3.05) is 6.61 Å². The molecule has 4 aromatic carbocycles. The molecule has 0 fully saturated rings. The van der Waals surface area contributed by atoms with Crippen molar-refractivity contribution in [3.63, 3.8) is 0 Å². The molecule has 0 spiro atoms. The number of rotatable bonds is 6. The van der Waals surface area contributed by atoms with Crippen LogP contribution in [0.4, 0.5) is 0 Å². The van der Waals surface area contributed by atoms with Gasteiger partial charge in [-0.05, 0) is 84.1 Å². The highest BCUT2D eigenvalue weighted by Crippen LogP contribution is 2.34. The van der Waals surface area contributed by atoms with Crippen LogP contribution in [0.25, 0.3) is 55.0 Å². The number of carboxylic acid groups (broad SMARTS) is 1. The Hall–Kier alpha value is -4.84. The monoisotopic (exact) mass is 502 g/mol. The molecule has 0 amide bonds. The van der Waals surface area contributed by atoms with Gasteiger partial charge in [-0.2, -0.15) is 0 Å². The molecule has 6 rings (SSSR count). The number of esters is 1. The number of carbonyl (C=O) groups excluding carboxylic acids is 1. The van der Waals surface area contributed by atoms with Crippen LogP contribution >= 0.6 is 0 Å². The number of aromatic amines is 2. The molecule has 0 saturated heterocycles. The van der Waals surface area contributed by atoms with Gasteiger partial charge in [0, 0.05) is 32.7 Å². The van der Waals surface area contributed by atoms with Crippen LogP contribution in [0, 0.1) is 0 Å². The van der Waals surface area contributed by atoms with Gasteiger partial charge in [0.05, 0.1) is 12.5 Å². The standard InChI is InChI=1S/C32H26N2O4/c1-3-38-32(37)30-17-24-14-21(8-11-27(24)33-30)23-10-13-29-26(16-23)25-15-22(9-12-28(25)34-29)20-6-4-19(5-7-20)18(2)31(35)36/h4-18,33-34H,3H2,1-2H3,(H,35,36). The summed E-state index contributed by atoms with van der Waals surface area (Å²) in [5.74, 6) is -1.73. The van der Waals surface area contributed by atoms with Crippen LogP contribution < -0.4 is 0 Å². The van der Waals surface area contributed by atoms with Crippen molar-refractivity contribution in [2.45, 2.75) is 19.8 Å². The van der Waals surface area contributed by atoms with Gasteiger partial charge in [0.25, 0.3) is 0 Å². The van der Waals surface area contributed by atoms with Crippen molar-refractivity contribution in [3.8, 4) is 22.3 Å². The van der Waals surface area contributed by atoms with E-state index in [1.54, 1.807) is 13.8 Å². The summed E-state index contributed by atoms with van der Waals surface area (Å²) in [7, 11) is 0. The summed E-state index contributed by atoms with van der Waals surface area (Å²) in [5, 5.41) is 12.5. The first-order valence-electron chi connectivity index (χ1n) is 12.6. The maximum Gasteiger partial charge on any atom is 0.354 e. The van der Waals surface area contributed by atoms with Gasteiger partial charge in [0.15, 0.2) is 0 Å². The molecule has 6 nitrogen and oxygen atoms in total. The Morgan fingerprint density at radius 2 is 1.29 bits per heavy atom. The zero-order valence-corrected chi connectivity index (χ0v) is 21.0. The van der Waals surface area contributed by atoms with E-state index in [-0.39, 0.29) is 5.97 Å². The fourth-order valence-electron chi connectivity index (χ4n) is 4.99. The van der Waals surface area contributed by atoms with Crippen molar-refractivity contribution in [2.24, 2.45) is 0 Å². The molecule has 188 valence electrons. The predicted molar refractivity (Wildman–Crippen MR) is 151 cm³/mol. The molecule has 2 aromatic heterocycles. The Balaban J connectivity index is 1.38. The van der Waals surface area contributed by atoms with Gasteiger partial charge in [-0.25, -0.2) is 4.79 Å². The van der Waals surface area contributed by atoms with Gasteiger partial charge in [0.1, 0.15) is 5.69 Å². The Bertz CT molecular complexity index is 1840. The summed E-state index contributed by atoms with van der Waals surface area (Å²) in [6.45, 7) is 3.82. The number of hydrogen-bond acceptors (Lipinski definition) is 3. The Labute approximate surface area is 218 Å². The highest BCUT2D eigenvalue weighted by Gasteiger charge is 2.14.